The van der Waals surface area contributed by atoms with Gasteiger partial charge in [-0.1, -0.05) is 38.1 Å². The van der Waals surface area contributed by atoms with Crippen molar-refractivity contribution < 1.29 is 24.3 Å². The van der Waals surface area contributed by atoms with E-state index >= 15 is 0 Å². The molecule has 0 bridgehead atoms. The molecule has 2 amide bonds. The Morgan fingerprint density at radius 3 is 2.43 bits per heavy atom. The fraction of sp³-hybridized carbons (Fsp3) is 0.524. The van der Waals surface area contributed by atoms with Crippen LogP contribution in [0.1, 0.15) is 42.6 Å². The summed E-state index contributed by atoms with van der Waals surface area (Å²) < 4.78 is 0. The maximum absolute atomic E-state index is 13.3. The zero-order valence-electron chi connectivity index (χ0n) is 17.6. The largest absolute Gasteiger partial charge is 0.480 e. The summed E-state index contributed by atoms with van der Waals surface area (Å²) in [5.74, 6) is -1.08. The van der Waals surface area contributed by atoms with Gasteiger partial charge in [0, 0.05) is 5.56 Å². The van der Waals surface area contributed by atoms with Gasteiger partial charge in [0.2, 0.25) is 12.3 Å². The minimum absolute atomic E-state index is 0.00262. The highest BCUT2D eigenvalue weighted by molar-refractivity contribution is 7.98. The van der Waals surface area contributed by atoms with Crippen molar-refractivity contribution in [3.05, 3.63) is 35.4 Å². The first-order valence-electron chi connectivity index (χ1n) is 9.80. The van der Waals surface area contributed by atoms with Crippen LogP contribution in [-0.4, -0.2) is 59.3 Å². The average Bonchev–Trinajstić information content (AvgIpc) is 2.69. The molecule has 166 valence electrons. The molecule has 0 saturated carbocycles. The molecule has 0 aliphatic heterocycles. The molecule has 8 nitrogen and oxygen atoms in total. The summed E-state index contributed by atoms with van der Waals surface area (Å²) >= 11 is 1.55. The van der Waals surface area contributed by atoms with Crippen molar-refractivity contribution >= 4 is 35.8 Å². The number of Topliss-reactive ketones (excluding diaryl/α,β-unsaturated/α-hetero) is 1. The lowest BCUT2D eigenvalue weighted by molar-refractivity contribution is -0.138. The van der Waals surface area contributed by atoms with Gasteiger partial charge in [0.25, 0.3) is 0 Å². The fourth-order valence-electron chi connectivity index (χ4n) is 3.03. The molecule has 1 aromatic carbocycles. The monoisotopic (exact) mass is 437 g/mol. The Labute approximate surface area is 181 Å². The van der Waals surface area contributed by atoms with E-state index < -0.39 is 30.0 Å². The number of carboxylic acid groups (broad SMARTS) is 1. The molecule has 3 atom stereocenters. The van der Waals surface area contributed by atoms with Crippen LogP contribution in [0.4, 0.5) is 0 Å². The van der Waals surface area contributed by atoms with Crippen molar-refractivity contribution in [3.63, 3.8) is 0 Å². The van der Waals surface area contributed by atoms with Crippen molar-refractivity contribution in [3.8, 4) is 0 Å². The van der Waals surface area contributed by atoms with Gasteiger partial charge in [-0.2, -0.15) is 11.8 Å². The number of carbonyl (C=O) groups is 4. The second-order valence-electron chi connectivity index (χ2n) is 7.48. The summed E-state index contributed by atoms with van der Waals surface area (Å²) in [5, 5.41) is 14.4. The van der Waals surface area contributed by atoms with E-state index in [2.05, 4.69) is 10.6 Å². The van der Waals surface area contributed by atoms with Gasteiger partial charge in [0.1, 0.15) is 12.1 Å². The summed E-state index contributed by atoms with van der Waals surface area (Å²) in [5.41, 5.74) is 6.51. The van der Waals surface area contributed by atoms with Crippen LogP contribution >= 0.6 is 11.8 Å². The number of carbonyl (C=O) groups excluding carboxylic acids is 3. The van der Waals surface area contributed by atoms with E-state index in [9.17, 15) is 19.2 Å². The van der Waals surface area contributed by atoms with E-state index in [1.807, 2.05) is 20.1 Å². The van der Waals surface area contributed by atoms with Crippen LogP contribution in [0.25, 0.3) is 0 Å². The molecule has 1 aromatic rings. The summed E-state index contributed by atoms with van der Waals surface area (Å²) in [7, 11) is 0. The smallest absolute Gasteiger partial charge is 0.320 e. The first-order valence-corrected chi connectivity index (χ1v) is 11.2. The third kappa shape index (κ3) is 8.16. The maximum Gasteiger partial charge on any atom is 0.320 e. The van der Waals surface area contributed by atoms with Crippen LogP contribution in [0.15, 0.2) is 24.3 Å². The molecule has 0 aromatic heterocycles. The second-order valence-corrected chi connectivity index (χ2v) is 8.47. The highest BCUT2D eigenvalue weighted by Crippen LogP contribution is 2.17. The fourth-order valence-corrected chi connectivity index (χ4v) is 3.51. The Morgan fingerprint density at radius 1 is 1.20 bits per heavy atom. The molecule has 0 fully saturated rings. The van der Waals surface area contributed by atoms with Crippen LogP contribution in [-0.2, 0) is 20.8 Å². The molecule has 1 rings (SSSR count). The van der Waals surface area contributed by atoms with Gasteiger partial charge >= 0.3 is 5.97 Å². The Bertz CT molecular complexity index is 741. The number of hydrogen-bond donors (Lipinski definition) is 4. The van der Waals surface area contributed by atoms with Crippen molar-refractivity contribution in [2.24, 2.45) is 11.7 Å². The lowest BCUT2D eigenvalue weighted by Crippen LogP contribution is -2.50. The molecule has 9 heteroatoms. The van der Waals surface area contributed by atoms with E-state index in [1.165, 1.54) is 0 Å². The number of hydrogen-bond acceptors (Lipinski definition) is 6. The van der Waals surface area contributed by atoms with Crippen LogP contribution in [0.3, 0.4) is 0 Å². The van der Waals surface area contributed by atoms with Crippen molar-refractivity contribution in [2.45, 2.75) is 51.2 Å². The van der Waals surface area contributed by atoms with Crippen molar-refractivity contribution in [1.82, 2.24) is 10.6 Å². The van der Waals surface area contributed by atoms with E-state index in [4.69, 9.17) is 10.8 Å². The highest BCUT2D eigenvalue weighted by Gasteiger charge is 2.28. The SMILES string of the molecule is CSCC[C@H](NC=O)C(=O)N[C@@H](CC(C)C)C(=O)c1ccccc1C[C@H](N)C(=O)O. The van der Waals surface area contributed by atoms with Gasteiger partial charge in [-0.25, -0.2) is 0 Å². The third-order valence-electron chi connectivity index (χ3n) is 4.58. The van der Waals surface area contributed by atoms with Crippen LogP contribution in [0.2, 0.25) is 0 Å². The Hall–Kier alpha value is -2.39. The van der Waals surface area contributed by atoms with Gasteiger partial charge < -0.3 is 21.5 Å². The number of nitrogens with two attached hydrogens (primary N) is 1. The van der Waals surface area contributed by atoms with Gasteiger partial charge in [0.15, 0.2) is 5.78 Å². The van der Waals surface area contributed by atoms with Gasteiger partial charge in [-0.05, 0) is 42.8 Å². The Balaban J connectivity index is 3.11. The minimum atomic E-state index is -1.15. The maximum atomic E-state index is 13.3. The number of amides is 2. The molecular formula is C21H31N3O5S. The van der Waals surface area contributed by atoms with Crippen LogP contribution in [0, 0.1) is 5.92 Å². The standard InChI is InChI=1S/C21H31N3O5S/c1-13(2)10-18(24-20(27)17(23-12-25)8-9-30-3)19(26)15-7-5-4-6-14(15)11-16(22)21(28)29/h4-7,12-13,16-18H,8-11,22H2,1-3H3,(H,23,25)(H,24,27)(H,28,29)/t16-,17-,18-/m0/s1. The quantitative estimate of drug-likeness (QED) is 0.253. The first kappa shape index (κ1) is 25.6. The molecule has 0 saturated heterocycles. The minimum Gasteiger partial charge on any atom is -0.480 e. The molecule has 0 aliphatic rings. The molecule has 0 radical (unpaired) electrons. The molecular weight excluding hydrogens is 406 g/mol. The predicted octanol–water partition coefficient (Wildman–Crippen LogP) is 1.22. The molecule has 0 unspecified atom stereocenters. The van der Waals surface area contributed by atoms with Gasteiger partial charge in [-0.3, -0.25) is 19.2 Å². The van der Waals surface area contributed by atoms with Gasteiger partial charge in [-0.15, -0.1) is 0 Å². The number of rotatable bonds is 14. The molecule has 0 heterocycles. The van der Waals surface area contributed by atoms with Gasteiger partial charge in [0.05, 0.1) is 6.04 Å². The Kier molecular flexibility index (Phi) is 11.1. The van der Waals surface area contributed by atoms with E-state index in [1.54, 1.807) is 36.0 Å². The van der Waals surface area contributed by atoms with E-state index in [0.29, 0.717) is 36.1 Å². The summed E-state index contributed by atoms with van der Waals surface area (Å²) in [6, 6.07) is 4.01. The first-order chi connectivity index (χ1) is 14.2. The highest BCUT2D eigenvalue weighted by atomic mass is 32.2. The zero-order chi connectivity index (χ0) is 22.7. The summed E-state index contributed by atoms with van der Waals surface area (Å²) in [4.78, 5) is 48.0. The topological polar surface area (TPSA) is 139 Å². The van der Waals surface area contributed by atoms with Crippen molar-refractivity contribution in [2.75, 3.05) is 12.0 Å². The molecule has 0 spiro atoms. The summed E-state index contributed by atoms with van der Waals surface area (Å²) in [6.45, 7) is 3.88. The summed E-state index contributed by atoms with van der Waals surface area (Å²) in [6.07, 6.45) is 3.23. The molecule has 30 heavy (non-hydrogen) atoms. The van der Waals surface area contributed by atoms with E-state index in [0.717, 1.165) is 0 Å². The van der Waals surface area contributed by atoms with Crippen LogP contribution < -0.4 is 16.4 Å². The lowest BCUT2D eigenvalue weighted by Gasteiger charge is -2.24. The number of thioether (sulfide) groups is 1. The number of carboxylic acids is 1. The third-order valence-corrected chi connectivity index (χ3v) is 5.22. The Morgan fingerprint density at radius 2 is 1.87 bits per heavy atom. The molecule has 0 aliphatic carbocycles. The molecule has 5 N–H and O–H groups in total. The zero-order valence-corrected chi connectivity index (χ0v) is 18.4. The number of ketones is 1. The van der Waals surface area contributed by atoms with Crippen molar-refractivity contribution in [1.29, 1.82) is 0 Å². The van der Waals surface area contributed by atoms with Crippen LogP contribution in [0.5, 0.6) is 0 Å². The number of benzene rings is 1. The normalized spacial score (nSPS) is 13.9. The average molecular weight is 438 g/mol. The predicted molar refractivity (Wildman–Crippen MR) is 117 cm³/mol. The number of nitrogens with one attached hydrogen (secondary N) is 2. The lowest BCUT2D eigenvalue weighted by atomic mass is 9.91. The van der Waals surface area contributed by atoms with E-state index in [-0.39, 0.29) is 18.1 Å². The second kappa shape index (κ2) is 13.0. The number of aliphatic carboxylic acids is 1.